The van der Waals surface area contributed by atoms with Crippen LogP contribution in [0.15, 0.2) is 60.1 Å². The summed E-state index contributed by atoms with van der Waals surface area (Å²) < 4.78 is 40.7. The fourth-order valence-electron chi connectivity index (χ4n) is 3.45. The van der Waals surface area contributed by atoms with Gasteiger partial charge < -0.3 is 20.1 Å². The molecule has 0 radical (unpaired) electrons. The van der Waals surface area contributed by atoms with Crippen LogP contribution in [0.2, 0.25) is 0 Å². The number of thiazole rings is 1. The van der Waals surface area contributed by atoms with Crippen LogP contribution in [0.3, 0.4) is 0 Å². The number of fused-ring (bicyclic) bond motifs is 1. The Morgan fingerprint density at radius 1 is 1.15 bits per heavy atom. The third-order valence-corrected chi connectivity index (χ3v) is 5.90. The van der Waals surface area contributed by atoms with Crippen molar-refractivity contribution in [2.45, 2.75) is 25.2 Å². The first-order valence-electron chi connectivity index (χ1n) is 10.1. The zero-order valence-corrected chi connectivity index (χ0v) is 18.2. The Morgan fingerprint density at radius 3 is 2.59 bits per heavy atom. The second-order valence-electron chi connectivity index (χ2n) is 7.41. The minimum Gasteiger partial charge on any atom is -0.480 e. The van der Waals surface area contributed by atoms with E-state index in [1.54, 1.807) is 11.6 Å². The largest absolute Gasteiger partial charge is 0.573 e. The third kappa shape index (κ3) is 5.73. The molecule has 1 amide bonds. The summed E-state index contributed by atoms with van der Waals surface area (Å²) in [6.07, 6.45) is -3.07. The number of hydrogen-bond acceptors (Lipinski definition) is 5. The zero-order valence-electron chi connectivity index (χ0n) is 17.4. The van der Waals surface area contributed by atoms with Crippen LogP contribution in [0.1, 0.15) is 11.3 Å². The van der Waals surface area contributed by atoms with Gasteiger partial charge >= 0.3 is 12.3 Å². The van der Waals surface area contributed by atoms with E-state index in [2.05, 4.69) is 20.0 Å². The lowest BCUT2D eigenvalue weighted by Crippen LogP contribution is -2.43. The normalized spacial score (nSPS) is 12.4. The number of aromatic amines is 1. The molecule has 1 atom stereocenters. The second kappa shape index (κ2) is 9.56. The fourth-order valence-corrected chi connectivity index (χ4v) is 4.28. The molecule has 2 heterocycles. The number of aromatic nitrogens is 2. The Hall–Kier alpha value is -3.86. The Labute approximate surface area is 195 Å². The number of alkyl halides is 3. The van der Waals surface area contributed by atoms with Gasteiger partial charge in [0.05, 0.1) is 12.1 Å². The maximum atomic E-state index is 12.5. The maximum Gasteiger partial charge on any atom is 0.573 e. The van der Waals surface area contributed by atoms with Gasteiger partial charge in [-0.2, -0.15) is 0 Å². The van der Waals surface area contributed by atoms with E-state index >= 15 is 0 Å². The first-order valence-corrected chi connectivity index (χ1v) is 10.9. The van der Waals surface area contributed by atoms with E-state index in [4.69, 9.17) is 0 Å². The third-order valence-electron chi connectivity index (χ3n) is 4.96. The monoisotopic (exact) mass is 489 g/mol. The van der Waals surface area contributed by atoms with Crippen molar-refractivity contribution in [3.05, 3.63) is 71.4 Å². The summed E-state index contributed by atoms with van der Waals surface area (Å²) in [5.41, 5.74) is 2.64. The second-order valence-corrected chi connectivity index (χ2v) is 8.27. The van der Waals surface area contributed by atoms with Gasteiger partial charge in [-0.3, -0.25) is 4.79 Å². The summed E-state index contributed by atoms with van der Waals surface area (Å²) in [4.78, 5) is 31.7. The first kappa shape index (κ1) is 23.3. The van der Waals surface area contributed by atoms with Crippen molar-refractivity contribution < 1.29 is 32.6 Å². The van der Waals surface area contributed by atoms with E-state index in [0.717, 1.165) is 16.5 Å². The van der Waals surface area contributed by atoms with Crippen molar-refractivity contribution >= 4 is 34.1 Å². The highest BCUT2D eigenvalue weighted by Crippen LogP contribution is 2.28. The van der Waals surface area contributed by atoms with Crippen LogP contribution in [0.25, 0.3) is 21.5 Å². The van der Waals surface area contributed by atoms with Crippen molar-refractivity contribution in [3.8, 4) is 16.3 Å². The highest BCUT2D eigenvalue weighted by Gasteiger charge is 2.31. The van der Waals surface area contributed by atoms with Crippen LogP contribution in [-0.4, -0.2) is 39.4 Å². The van der Waals surface area contributed by atoms with E-state index in [-0.39, 0.29) is 18.6 Å². The molecule has 4 rings (SSSR count). The number of aliphatic carboxylic acids is 1. The number of carboxylic acid groups (broad SMARTS) is 1. The van der Waals surface area contributed by atoms with Crippen LogP contribution < -0.4 is 10.1 Å². The molecule has 7 nitrogen and oxygen atoms in total. The number of rotatable bonds is 8. The summed E-state index contributed by atoms with van der Waals surface area (Å²) in [5.74, 6) is -2.00. The Bertz CT molecular complexity index is 1320. The molecular weight excluding hydrogens is 471 g/mol. The van der Waals surface area contributed by atoms with Gasteiger partial charge in [-0.15, -0.1) is 24.5 Å². The first-order chi connectivity index (χ1) is 16.2. The standard InChI is InChI=1S/C23H18F3N3O4S/c24-23(25,26)33-16-7-5-13(6-8-16)21-28-15(12-34-21)10-20(30)29-19(22(31)32)9-14-11-27-18-4-2-1-3-17(14)18/h1-8,11-12,19,27H,9-10H2,(H,29,30)(H,31,32)/t19-/m0/s1. The predicted octanol–water partition coefficient (Wildman–Crippen LogP) is 4.54. The minimum absolute atomic E-state index is 0.111. The number of nitrogens with zero attached hydrogens (tertiary/aromatic N) is 1. The number of hydrogen-bond donors (Lipinski definition) is 3. The van der Waals surface area contributed by atoms with Gasteiger partial charge in [0.1, 0.15) is 16.8 Å². The molecule has 2 aromatic heterocycles. The average Bonchev–Trinajstić information content (AvgIpc) is 3.40. The molecule has 0 saturated carbocycles. The molecule has 3 N–H and O–H groups in total. The van der Waals surface area contributed by atoms with Crippen LogP contribution in [0.4, 0.5) is 13.2 Å². The van der Waals surface area contributed by atoms with Crippen molar-refractivity contribution in [2.75, 3.05) is 0 Å². The smallest absolute Gasteiger partial charge is 0.480 e. The lowest BCUT2D eigenvalue weighted by molar-refractivity contribution is -0.274. The maximum absolute atomic E-state index is 12.5. The molecule has 0 unspecified atom stereocenters. The number of ether oxygens (including phenoxy) is 1. The van der Waals surface area contributed by atoms with Gasteiger partial charge in [-0.1, -0.05) is 18.2 Å². The molecule has 0 aliphatic carbocycles. The molecule has 0 saturated heterocycles. The number of halogens is 3. The molecule has 0 fully saturated rings. The van der Waals surface area contributed by atoms with Gasteiger partial charge in [0, 0.05) is 34.5 Å². The topological polar surface area (TPSA) is 104 Å². The van der Waals surface area contributed by atoms with E-state index < -0.39 is 24.3 Å². The quantitative estimate of drug-likeness (QED) is 0.337. The van der Waals surface area contributed by atoms with Gasteiger partial charge in [-0.05, 0) is 35.9 Å². The lowest BCUT2D eigenvalue weighted by Gasteiger charge is -2.14. The molecule has 34 heavy (non-hydrogen) atoms. The predicted molar refractivity (Wildman–Crippen MR) is 120 cm³/mol. The number of carbonyl (C=O) groups excluding carboxylic acids is 1. The molecular formula is C23H18F3N3O4S. The molecule has 0 bridgehead atoms. The number of H-pyrrole nitrogens is 1. The van der Waals surface area contributed by atoms with Gasteiger partial charge in [-0.25, -0.2) is 9.78 Å². The zero-order chi connectivity index (χ0) is 24.3. The summed E-state index contributed by atoms with van der Waals surface area (Å²) in [6.45, 7) is 0. The molecule has 4 aromatic rings. The number of amides is 1. The van der Waals surface area contributed by atoms with Crippen molar-refractivity contribution in [2.24, 2.45) is 0 Å². The molecule has 176 valence electrons. The molecule has 0 aliphatic rings. The minimum atomic E-state index is -4.77. The van der Waals surface area contributed by atoms with E-state index in [1.165, 1.54) is 35.6 Å². The molecule has 0 aliphatic heterocycles. The number of benzene rings is 2. The number of nitrogens with one attached hydrogen (secondary N) is 2. The van der Waals surface area contributed by atoms with Crippen LogP contribution in [0, 0.1) is 0 Å². The summed E-state index contributed by atoms with van der Waals surface area (Å²) in [7, 11) is 0. The van der Waals surface area contributed by atoms with Crippen LogP contribution in [0.5, 0.6) is 5.75 Å². The molecule has 2 aromatic carbocycles. The van der Waals surface area contributed by atoms with E-state index in [0.29, 0.717) is 16.3 Å². The van der Waals surface area contributed by atoms with Crippen LogP contribution >= 0.6 is 11.3 Å². The van der Waals surface area contributed by atoms with Crippen LogP contribution in [-0.2, 0) is 22.4 Å². The van der Waals surface area contributed by atoms with E-state index in [1.807, 2.05) is 24.3 Å². The van der Waals surface area contributed by atoms with Gasteiger partial charge in [0.25, 0.3) is 0 Å². The van der Waals surface area contributed by atoms with Crippen molar-refractivity contribution in [1.82, 2.24) is 15.3 Å². The highest BCUT2D eigenvalue weighted by molar-refractivity contribution is 7.13. The number of carboxylic acids is 1. The summed E-state index contributed by atoms with van der Waals surface area (Å²) in [6, 6.07) is 11.6. The number of carbonyl (C=O) groups is 2. The fraction of sp³-hybridized carbons (Fsp3) is 0.174. The molecule has 0 spiro atoms. The highest BCUT2D eigenvalue weighted by atomic mass is 32.1. The van der Waals surface area contributed by atoms with Gasteiger partial charge in [0.15, 0.2) is 0 Å². The summed E-state index contributed by atoms with van der Waals surface area (Å²) >= 11 is 1.22. The van der Waals surface area contributed by atoms with Crippen molar-refractivity contribution in [1.29, 1.82) is 0 Å². The lowest BCUT2D eigenvalue weighted by atomic mass is 10.0. The average molecular weight is 489 g/mol. The summed E-state index contributed by atoms with van der Waals surface area (Å²) in [5, 5.41) is 15.2. The van der Waals surface area contributed by atoms with E-state index in [9.17, 15) is 27.9 Å². The van der Waals surface area contributed by atoms with Crippen molar-refractivity contribution in [3.63, 3.8) is 0 Å². The molecule has 11 heteroatoms. The Kier molecular flexibility index (Phi) is 6.55. The SMILES string of the molecule is O=C(Cc1csc(-c2ccc(OC(F)(F)F)cc2)n1)N[C@@H](Cc1c[nH]c2ccccc12)C(=O)O. The Balaban J connectivity index is 1.39. The number of para-hydroxylation sites is 1. The Morgan fingerprint density at radius 2 is 1.88 bits per heavy atom. The van der Waals surface area contributed by atoms with Gasteiger partial charge in [0.2, 0.25) is 5.91 Å².